The van der Waals surface area contributed by atoms with Gasteiger partial charge in [-0.25, -0.2) is 9.59 Å². The Morgan fingerprint density at radius 3 is 1.74 bits per heavy atom. The second-order valence-electron chi connectivity index (χ2n) is 4.53. The van der Waals surface area contributed by atoms with Crippen LogP contribution >= 0.6 is 0 Å². The number of carbonyl (C=O) groups is 3. The van der Waals surface area contributed by atoms with Crippen LogP contribution in [0.1, 0.15) is 27.2 Å². The highest BCUT2D eigenvalue weighted by Crippen LogP contribution is 2.01. The van der Waals surface area contributed by atoms with Gasteiger partial charge in [-0.15, -0.1) is 0 Å². The highest BCUT2D eigenvalue weighted by atomic mass is 16.5. The van der Waals surface area contributed by atoms with Crippen molar-refractivity contribution in [3.63, 3.8) is 0 Å². The highest BCUT2D eigenvalue weighted by molar-refractivity contribution is 6.27. The van der Waals surface area contributed by atoms with Crippen LogP contribution in [-0.2, 0) is 19.1 Å². The molecular weight excluding hydrogens is 254 g/mol. The Kier molecular flexibility index (Phi) is 10.7. The van der Waals surface area contributed by atoms with E-state index in [1.54, 1.807) is 0 Å². The molecule has 0 saturated carbocycles. The number of esters is 1. The molecule has 0 bridgehead atoms. The normalized spacial score (nSPS) is 11.5. The van der Waals surface area contributed by atoms with Crippen LogP contribution < -0.4 is 0 Å². The van der Waals surface area contributed by atoms with E-state index in [0.717, 1.165) is 6.42 Å². The molecular formula is C12H23NO6. The molecule has 112 valence electrons. The quantitative estimate of drug-likeness (QED) is 0.562. The molecule has 1 unspecified atom stereocenters. The third-order valence-corrected chi connectivity index (χ3v) is 2.32. The van der Waals surface area contributed by atoms with Crippen LogP contribution in [0.2, 0.25) is 0 Å². The predicted molar refractivity (Wildman–Crippen MR) is 68.8 cm³/mol. The first kappa shape index (κ1) is 19.7. The van der Waals surface area contributed by atoms with E-state index in [-0.39, 0.29) is 11.9 Å². The lowest BCUT2D eigenvalue weighted by atomic mass is 10.2. The SMILES string of the molecule is CC(C)C(=O)OCCC(C)N(C)C.O=C(O)C(=O)O. The van der Waals surface area contributed by atoms with Crippen LogP contribution in [0, 0.1) is 5.92 Å². The van der Waals surface area contributed by atoms with E-state index in [2.05, 4.69) is 11.8 Å². The molecule has 0 heterocycles. The molecule has 0 aliphatic heterocycles. The Balaban J connectivity index is 0. The van der Waals surface area contributed by atoms with Crippen LogP contribution in [-0.4, -0.2) is 59.8 Å². The number of carboxylic acids is 2. The maximum atomic E-state index is 11.1. The number of nitrogens with zero attached hydrogens (tertiary/aromatic N) is 1. The standard InChI is InChI=1S/C10H21NO2.C2H2O4/c1-8(2)10(12)13-7-6-9(3)11(4)5;3-1(4)2(5)6/h8-9H,6-7H2,1-5H3;(H,3,4)(H,5,6). The van der Waals surface area contributed by atoms with Gasteiger partial charge in [0.1, 0.15) is 0 Å². The summed E-state index contributed by atoms with van der Waals surface area (Å²) < 4.78 is 5.06. The lowest BCUT2D eigenvalue weighted by Gasteiger charge is -2.19. The minimum Gasteiger partial charge on any atom is -0.473 e. The average molecular weight is 277 g/mol. The Morgan fingerprint density at radius 1 is 1.05 bits per heavy atom. The Bertz CT molecular complexity index is 289. The first-order chi connectivity index (χ1) is 8.59. The first-order valence-corrected chi connectivity index (χ1v) is 5.88. The third kappa shape index (κ3) is 12.6. The summed E-state index contributed by atoms with van der Waals surface area (Å²) in [4.78, 5) is 31.4. The summed E-state index contributed by atoms with van der Waals surface area (Å²) >= 11 is 0. The van der Waals surface area contributed by atoms with Crippen molar-refractivity contribution in [2.45, 2.75) is 33.2 Å². The Labute approximate surface area is 113 Å². The number of carbonyl (C=O) groups excluding carboxylic acids is 1. The molecule has 19 heavy (non-hydrogen) atoms. The molecule has 0 aromatic heterocycles. The van der Waals surface area contributed by atoms with Gasteiger partial charge in [0.2, 0.25) is 0 Å². The van der Waals surface area contributed by atoms with Gasteiger partial charge in [-0.2, -0.15) is 0 Å². The number of hydrogen-bond donors (Lipinski definition) is 2. The van der Waals surface area contributed by atoms with Crippen molar-refractivity contribution in [3.8, 4) is 0 Å². The molecule has 0 aliphatic carbocycles. The van der Waals surface area contributed by atoms with Gasteiger partial charge in [-0.3, -0.25) is 4.79 Å². The zero-order valence-electron chi connectivity index (χ0n) is 12.0. The first-order valence-electron chi connectivity index (χ1n) is 5.88. The van der Waals surface area contributed by atoms with E-state index in [1.807, 2.05) is 27.9 Å². The number of hydrogen-bond acceptors (Lipinski definition) is 5. The van der Waals surface area contributed by atoms with Gasteiger partial charge in [0.15, 0.2) is 0 Å². The van der Waals surface area contributed by atoms with Gasteiger partial charge in [0.05, 0.1) is 12.5 Å². The van der Waals surface area contributed by atoms with E-state index < -0.39 is 11.9 Å². The maximum absolute atomic E-state index is 11.1. The fourth-order valence-corrected chi connectivity index (χ4v) is 0.755. The maximum Gasteiger partial charge on any atom is 0.414 e. The second kappa shape index (κ2) is 10.3. The summed E-state index contributed by atoms with van der Waals surface area (Å²) in [6.45, 7) is 6.33. The predicted octanol–water partition coefficient (Wildman–Crippen LogP) is 0.681. The van der Waals surface area contributed by atoms with Crippen molar-refractivity contribution in [2.75, 3.05) is 20.7 Å². The minimum absolute atomic E-state index is 0.0188. The average Bonchev–Trinajstić information content (AvgIpc) is 2.28. The molecule has 7 nitrogen and oxygen atoms in total. The largest absolute Gasteiger partial charge is 0.473 e. The Hall–Kier alpha value is -1.63. The van der Waals surface area contributed by atoms with Gasteiger partial charge in [-0.1, -0.05) is 13.8 Å². The zero-order valence-corrected chi connectivity index (χ0v) is 12.0. The summed E-state index contributed by atoms with van der Waals surface area (Å²) in [5.74, 6) is -3.77. The number of ether oxygens (including phenoxy) is 1. The van der Waals surface area contributed by atoms with Crippen LogP contribution in [0.15, 0.2) is 0 Å². The van der Waals surface area contributed by atoms with Crippen molar-refractivity contribution in [1.29, 1.82) is 0 Å². The summed E-state index contributed by atoms with van der Waals surface area (Å²) in [6.07, 6.45) is 0.894. The van der Waals surface area contributed by atoms with Crippen molar-refractivity contribution < 1.29 is 29.3 Å². The molecule has 0 aromatic carbocycles. The molecule has 0 spiro atoms. The van der Waals surface area contributed by atoms with E-state index in [9.17, 15) is 4.79 Å². The molecule has 0 aromatic rings. The topological polar surface area (TPSA) is 104 Å². The number of carboxylic acid groups (broad SMARTS) is 2. The van der Waals surface area contributed by atoms with Crippen molar-refractivity contribution in [3.05, 3.63) is 0 Å². The van der Waals surface area contributed by atoms with Gasteiger partial charge >= 0.3 is 17.9 Å². The molecule has 0 aliphatic rings. The van der Waals surface area contributed by atoms with Crippen molar-refractivity contribution in [1.82, 2.24) is 4.90 Å². The highest BCUT2D eigenvalue weighted by Gasteiger charge is 2.09. The summed E-state index contributed by atoms with van der Waals surface area (Å²) in [5.41, 5.74) is 0. The molecule has 1 atom stereocenters. The van der Waals surface area contributed by atoms with Crippen molar-refractivity contribution in [2.24, 2.45) is 5.92 Å². The smallest absolute Gasteiger partial charge is 0.414 e. The van der Waals surface area contributed by atoms with Gasteiger partial charge in [0, 0.05) is 6.04 Å². The van der Waals surface area contributed by atoms with Crippen molar-refractivity contribution >= 4 is 17.9 Å². The number of rotatable bonds is 5. The second-order valence-corrected chi connectivity index (χ2v) is 4.53. The molecule has 0 fully saturated rings. The number of aliphatic carboxylic acids is 2. The lowest BCUT2D eigenvalue weighted by Crippen LogP contribution is -2.26. The van der Waals surface area contributed by atoms with Gasteiger partial charge in [0.25, 0.3) is 0 Å². The Morgan fingerprint density at radius 2 is 1.47 bits per heavy atom. The van der Waals surface area contributed by atoms with E-state index in [4.69, 9.17) is 24.5 Å². The van der Waals surface area contributed by atoms with Crippen LogP contribution in [0.3, 0.4) is 0 Å². The fraction of sp³-hybridized carbons (Fsp3) is 0.750. The van der Waals surface area contributed by atoms with Gasteiger partial charge in [-0.05, 0) is 27.4 Å². The summed E-state index contributed by atoms with van der Waals surface area (Å²) in [7, 11) is 4.05. The summed E-state index contributed by atoms with van der Waals surface area (Å²) in [6, 6.07) is 0.458. The van der Waals surface area contributed by atoms with Crippen LogP contribution in [0.4, 0.5) is 0 Å². The molecule has 0 rings (SSSR count). The van der Waals surface area contributed by atoms with Crippen LogP contribution in [0.25, 0.3) is 0 Å². The lowest BCUT2D eigenvalue weighted by molar-refractivity contribution is -0.159. The molecule has 0 saturated heterocycles. The third-order valence-electron chi connectivity index (χ3n) is 2.32. The van der Waals surface area contributed by atoms with Crippen LogP contribution in [0.5, 0.6) is 0 Å². The molecule has 0 radical (unpaired) electrons. The van der Waals surface area contributed by atoms with E-state index >= 15 is 0 Å². The van der Waals surface area contributed by atoms with E-state index in [0.29, 0.717) is 12.6 Å². The fourth-order valence-electron chi connectivity index (χ4n) is 0.755. The van der Waals surface area contributed by atoms with Gasteiger partial charge < -0.3 is 19.8 Å². The monoisotopic (exact) mass is 277 g/mol. The summed E-state index contributed by atoms with van der Waals surface area (Å²) in [5, 5.41) is 14.8. The zero-order chi connectivity index (χ0) is 15.6. The molecule has 7 heteroatoms. The molecule has 2 N–H and O–H groups in total. The van der Waals surface area contributed by atoms with E-state index in [1.165, 1.54) is 0 Å². The minimum atomic E-state index is -1.82. The molecule has 0 amide bonds.